The zero-order valence-electron chi connectivity index (χ0n) is 10.0. The lowest BCUT2D eigenvalue weighted by atomic mass is 9.75. The maximum Gasteiger partial charge on any atom is 0.0639 e. The van der Waals surface area contributed by atoms with Gasteiger partial charge in [0.05, 0.1) is 6.61 Å². The second kappa shape index (κ2) is 4.48. The number of aliphatic hydroxyl groups excluding tert-OH is 1. The number of hydrogen-bond donors (Lipinski definition) is 1. The molecule has 0 aliphatic heterocycles. The molecule has 1 fully saturated rings. The van der Waals surface area contributed by atoms with E-state index in [-0.39, 0.29) is 6.61 Å². The zero-order valence-corrected chi connectivity index (χ0v) is 10.0. The lowest BCUT2D eigenvalue weighted by Crippen LogP contribution is -2.22. The molecule has 82 valence electrons. The maximum absolute atomic E-state index is 8.92. The largest absolute Gasteiger partial charge is 0.392 e. The van der Waals surface area contributed by atoms with E-state index in [1.54, 1.807) is 0 Å². The molecule has 0 aromatic rings. The second-order valence-electron chi connectivity index (χ2n) is 5.44. The van der Waals surface area contributed by atoms with Gasteiger partial charge in [0.2, 0.25) is 0 Å². The van der Waals surface area contributed by atoms with Crippen LogP contribution in [0.3, 0.4) is 0 Å². The van der Waals surface area contributed by atoms with Gasteiger partial charge in [-0.2, -0.15) is 0 Å². The van der Waals surface area contributed by atoms with Crippen molar-refractivity contribution < 1.29 is 5.11 Å². The van der Waals surface area contributed by atoms with E-state index in [1.165, 1.54) is 12.8 Å². The zero-order chi connectivity index (χ0) is 10.8. The van der Waals surface area contributed by atoms with Gasteiger partial charge in [-0.05, 0) is 43.4 Å². The van der Waals surface area contributed by atoms with Gasteiger partial charge in [0, 0.05) is 0 Å². The molecule has 1 aliphatic carbocycles. The Hall–Kier alpha value is -0.300. The Balaban J connectivity index is 2.55. The highest BCUT2D eigenvalue weighted by atomic mass is 16.3. The van der Waals surface area contributed by atoms with Crippen molar-refractivity contribution in [1.29, 1.82) is 0 Å². The molecule has 0 aromatic carbocycles. The van der Waals surface area contributed by atoms with Crippen LogP contribution in [-0.2, 0) is 0 Å². The van der Waals surface area contributed by atoms with Gasteiger partial charge in [-0.15, -0.1) is 0 Å². The standard InChI is InChI=1S/C13H24O/c1-10(9-14)5-7-12-8-6-11(2)13(12,3)4/h5,11-12,14H,6-9H2,1-4H3/b10-5-. The van der Waals surface area contributed by atoms with Crippen molar-refractivity contribution >= 4 is 0 Å². The summed E-state index contributed by atoms with van der Waals surface area (Å²) in [5, 5.41) is 8.92. The average molecular weight is 196 g/mol. The second-order valence-corrected chi connectivity index (χ2v) is 5.44. The molecule has 1 heteroatoms. The van der Waals surface area contributed by atoms with Gasteiger partial charge in [-0.1, -0.05) is 32.4 Å². The molecule has 0 aromatic heterocycles. The minimum absolute atomic E-state index is 0.211. The molecule has 2 unspecified atom stereocenters. The molecule has 1 rings (SSSR count). The van der Waals surface area contributed by atoms with Crippen LogP contribution in [0.4, 0.5) is 0 Å². The first-order valence-electron chi connectivity index (χ1n) is 5.75. The summed E-state index contributed by atoms with van der Waals surface area (Å²) < 4.78 is 0. The highest BCUT2D eigenvalue weighted by Crippen LogP contribution is 2.48. The van der Waals surface area contributed by atoms with Crippen molar-refractivity contribution in [1.82, 2.24) is 0 Å². The molecule has 2 atom stereocenters. The molecule has 1 N–H and O–H groups in total. The minimum Gasteiger partial charge on any atom is -0.392 e. The first-order valence-corrected chi connectivity index (χ1v) is 5.75. The number of aliphatic hydroxyl groups is 1. The van der Waals surface area contributed by atoms with Crippen LogP contribution in [0, 0.1) is 17.3 Å². The molecule has 1 aliphatic rings. The van der Waals surface area contributed by atoms with Gasteiger partial charge < -0.3 is 5.11 Å². The van der Waals surface area contributed by atoms with Crippen LogP contribution in [0.25, 0.3) is 0 Å². The van der Waals surface area contributed by atoms with E-state index < -0.39 is 0 Å². The summed E-state index contributed by atoms with van der Waals surface area (Å²) in [5.74, 6) is 1.65. The average Bonchev–Trinajstić information content (AvgIpc) is 2.39. The lowest BCUT2D eigenvalue weighted by molar-refractivity contribution is 0.199. The Morgan fingerprint density at radius 2 is 2.07 bits per heavy atom. The molecule has 0 radical (unpaired) electrons. The number of allylic oxidation sites excluding steroid dienone is 1. The van der Waals surface area contributed by atoms with Crippen LogP contribution in [-0.4, -0.2) is 11.7 Å². The van der Waals surface area contributed by atoms with Crippen molar-refractivity contribution in [3.63, 3.8) is 0 Å². The third-order valence-electron chi connectivity index (χ3n) is 4.27. The van der Waals surface area contributed by atoms with E-state index in [1.807, 2.05) is 6.92 Å². The normalized spacial score (nSPS) is 32.2. The van der Waals surface area contributed by atoms with E-state index in [0.717, 1.165) is 23.8 Å². The van der Waals surface area contributed by atoms with Crippen LogP contribution < -0.4 is 0 Å². The summed E-state index contributed by atoms with van der Waals surface area (Å²) >= 11 is 0. The summed E-state index contributed by atoms with van der Waals surface area (Å²) in [7, 11) is 0. The molecule has 1 saturated carbocycles. The van der Waals surface area contributed by atoms with Gasteiger partial charge >= 0.3 is 0 Å². The fourth-order valence-corrected chi connectivity index (χ4v) is 2.43. The molecule has 0 bridgehead atoms. The first kappa shape index (κ1) is 11.8. The minimum atomic E-state index is 0.211. The fraction of sp³-hybridized carbons (Fsp3) is 0.846. The molecule has 14 heavy (non-hydrogen) atoms. The molecule has 1 nitrogen and oxygen atoms in total. The van der Waals surface area contributed by atoms with Crippen LogP contribution in [0.15, 0.2) is 11.6 Å². The van der Waals surface area contributed by atoms with Gasteiger partial charge in [0.1, 0.15) is 0 Å². The highest BCUT2D eigenvalue weighted by Gasteiger charge is 2.39. The summed E-state index contributed by atoms with van der Waals surface area (Å²) in [4.78, 5) is 0. The molecule has 0 amide bonds. The van der Waals surface area contributed by atoms with Gasteiger partial charge in [0.25, 0.3) is 0 Å². The Kier molecular flexibility index (Phi) is 3.77. The predicted molar refractivity (Wildman–Crippen MR) is 61.1 cm³/mol. The predicted octanol–water partition coefficient (Wildman–Crippen LogP) is 3.39. The van der Waals surface area contributed by atoms with Gasteiger partial charge in [-0.25, -0.2) is 0 Å². The fourth-order valence-electron chi connectivity index (χ4n) is 2.43. The smallest absolute Gasteiger partial charge is 0.0639 e. The van der Waals surface area contributed by atoms with Gasteiger partial charge in [-0.3, -0.25) is 0 Å². The summed E-state index contributed by atoms with van der Waals surface area (Å²) in [5.41, 5.74) is 1.59. The van der Waals surface area contributed by atoms with Crippen LogP contribution in [0.5, 0.6) is 0 Å². The third-order valence-corrected chi connectivity index (χ3v) is 4.27. The molecular formula is C13H24O. The molecule has 0 saturated heterocycles. The van der Waals surface area contributed by atoms with Crippen molar-refractivity contribution in [3.8, 4) is 0 Å². The Morgan fingerprint density at radius 1 is 1.43 bits per heavy atom. The molecule has 0 spiro atoms. The van der Waals surface area contributed by atoms with Crippen LogP contribution in [0.1, 0.15) is 47.0 Å². The van der Waals surface area contributed by atoms with Crippen molar-refractivity contribution in [3.05, 3.63) is 11.6 Å². The van der Waals surface area contributed by atoms with Crippen LogP contribution in [0.2, 0.25) is 0 Å². The Labute approximate surface area is 88.2 Å². The Bertz CT molecular complexity index is 215. The SMILES string of the molecule is C/C(=C/CC1CCC(C)C1(C)C)CO. The third kappa shape index (κ3) is 2.38. The molecule has 0 heterocycles. The lowest BCUT2D eigenvalue weighted by Gasteiger charge is -2.30. The number of rotatable bonds is 3. The topological polar surface area (TPSA) is 20.2 Å². The summed E-state index contributed by atoms with van der Waals surface area (Å²) in [6, 6.07) is 0. The maximum atomic E-state index is 8.92. The van der Waals surface area contributed by atoms with Crippen molar-refractivity contribution in [2.24, 2.45) is 17.3 Å². The highest BCUT2D eigenvalue weighted by molar-refractivity contribution is 5.01. The van der Waals surface area contributed by atoms with Gasteiger partial charge in [0.15, 0.2) is 0 Å². The van der Waals surface area contributed by atoms with E-state index in [2.05, 4.69) is 26.8 Å². The van der Waals surface area contributed by atoms with E-state index in [4.69, 9.17) is 5.11 Å². The first-order chi connectivity index (χ1) is 6.48. The van der Waals surface area contributed by atoms with Crippen molar-refractivity contribution in [2.45, 2.75) is 47.0 Å². The van der Waals surface area contributed by atoms with Crippen LogP contribution >= 0.6 is 0 Å². The van der Waals surface area contributed by atoms with E-state index in [9.17, 15) is 0 Å². The number of hydrogen-bond acceptors (Lipinski definition) is 1. The van der Waals surface area contributed by atoms with Crippen molar-refractivity contribution in [2.75, 3.05) is 6.61 Å². The molecular weight excluding hydrogens is 172 g/mol. The summed E-state index contributed by atoms with van der Waals surface area (Å²) in [6.45, 7) is 9.35. The summed E-state index contributed by atoms with van der Waals surface area (Å²) in [6.07, 6.45) is 6.07. The Morgan fingerprint density at radius 3 is 2.50 bits per heavy atom. The van der Waals surface area contributed by atoms with E-state index >= 15 is 0 Å². The monoisotopic (exact) mass is 196 g/mol. The van der Waals surface area contributed by atoms with E-state index in [0.29, 0.717) is 5.41 Å². The quantitative estimate of drug-likeness (QED) is 0.686.